The molecule has 0 saturated heterocycles. The van der Waals surface area contributed by atoms with E-state index in [9.17, 15) is 18.8 Å². The number of carbonyl (C=O) groups excluding carboxylic acids is 1. The Labute approximate surface area is 184 Å². The Balaban J connectivity index is 1.45. The molecule has 1 aliphatic carbocycles. The third-order valence-corrected chi connectivity index (χ3v) is 5.41. The van der Waals surface area contributed by atoms with Crippen molar-refractivity contribution in [2.45, 2.75) is 32.1 Å². The summed E-state index contributed by atoms with van der Waals surface area (Å²) < 4.78 is 28.5. The molecule has 0 aliphatic heterocycles. The first-order chi connectivity index (χ1) is 15.3. The molecule has 0 radical (unpaired) electrons. The molecule has 0 saturated carbocycles. The van der Waals surface area contributed by atoms with Gasteiger partial charge in [-0.25, -0.2) is 8.78 Å². The lowest BCUT2D eigenvalue weighted by Crippen LogP contribution is -2.18. The van der Waals surface area contributed by atoms with Gasteiger partial charge in [0.2, 0.25) is 5.91 Å². The molecule has 32 heavy (non-hydrogen) atoms. The minimum absolute atomic E-state index is 0.155. The van der Waals surface area contributed by atoms with Crippen LogP contribution in [0, 0.1) is 17.1 Å². The van der Waals surface area contributed by atoms with Crippen molar-refractivity contribution >= 4 is 17.4 Å². The van der Waals surface area contributed by atoms with E-state index in [-0.39, 0.29) is 17.8 Å². The maximum Gasteiger partial charge on any atom is 0.228 e. The number of allylic oxidation sites excluding steroid dienone is 1. The van der Waals surface area contributed by atoms with Crippen LogP contribution in [0.25, 0.3) is 17.0 Å². The number of hydrogen-bond donors (Lipinski definition) is 1. The molecule has 0 spiro atoms. The van der Waals surface area contributed by atoms with Gasteiger partial charge in [0.15, 0.2) is 0 Å². The zero-order chi connectivity index (χ0) is 22.9. The van der Waals surface area contributed by atoms with Gasteiger partial charge in [0, 0.05) is 23.7 Å². The quantitative estimate of drug-likeness (QED) is 0.609. The van der Waals surface area contributed by atoms with Crippen LogP contribution in [0.1, 0.15) is 36.4 Å². The number of carbonyl (C=O) groups is 1. The zero-order valence-corrected chi connectivity index (χ0v) is 17.6. The molecule has 1 aromatic carbocycles. The maximum atomic E-state index is 14.7. The van der Waals surface area contributed by atoms with E-state index in [1.54, 1.807) is 50.4 Å². The summed E-state index contributed by atoms with van der Waals surface area (Å²) in [5, 5.41) is 11.9. The van der Waals surface area contributed by atoms with Crippen molar-refractivity contribution in [3.05, 3.63) is 83.2 Å². The molecule has 3 aromatic rings. The summed E-state index contributed by atoms with van der Waals surface area (Å²) in [7, 11) is 0. The van der Waals surface area contributed by atoms with Gasteiger partial charge in [-0.15, -0.1) is 0 Å². The number of aromatic nitrogens is 2. The van der Waals surface area contributed by atoms with Gasteiger partial charge >= 0.3 is 0 Å². The smallest absolute Gasteiger partial charge is 0.228 e. The third kappa shape index (κ3) is 4.26. The number of nitriles is 1. The summed E-state index contributed by atoms with van der Waals surface area (Å²) in [5.41, 5.74) is 2.82. The predicted molar refractivity (Wildman–Crippen MR) is 118 cm³/mol. The molecule has 2 aromatic heterocycles. The molecule has 1 aliphatic rings. The van der Waals surface area contributed by atoms with Crippen LogP contribution in [0.4, 0.5) is 14.5 Å². The second kappa shape index (κ2) is 8.31. The van der Waals surface area contributed by atoms with Gasteiger partial charge < -0.3 is 5.32 Å². The van der Waals surface area contributed by atoms with Gasteiger partial charge in [0.1, 0.15) is 11.6 Å². The van der Waals surface area contributed by atoms with E-state index in [4.69, 9.17) is 0 Å². The second-order valence-electron chi connectivity index (χ2n) is 8.17. The highest BCUT2D eigenvalue weighted by molar-refractivity contribution is 5.92. The fourth-order valence-electron chi connectivity index (χ4n) is 3.46. The van der Waals surface area contributed by atoms with Crippen molar-refractivity contribution in [3.8, 4) is 17.2 Å². The number of anilines is 1. The Morgan fingerprint density at radius 2 is 1.94 bits per heavy atom. The van der Waals surface area contributed by atoms with E-state index >= 15 is 0 Å². The Morgan fingerprint density at radius 3 is 2.62 bits per heavy atom. The molecule has 5 nitrogen and oxygen atoms in total. The number of fused-ring (bicyclic) bond motifs is 1. The van der Waals surface area contributed by atoms with E-state index in [2.05, 4.69) is 21.4 Å². The van der Waals surface area contributed by atoms with Crippen LogP contribution in [-0.4, -0.2) is 15.9 Å². The molecule has 0 unspecified atom stereocenters. The van der Waals surface area contributed by atoms with E-state index in [0.29, 0.717) is 40.2 Å². The molecule has 2 heterocycles. The van der Waals surface area contributed by atoms with Gasteiger partial charge in [-0.3, -0.25) is 14.8 Å². The minimum Gasteiger partial charge on any atom is -0.324 e. The molecule has 1 N–H and O–H groups in total. The highest BCUT2D eigenvalue weighted by Crippen LogP contribution is 2.31. The number of nitrogens with zero attached hydrogens (tertiary/aromatic N) is 3. The number of halogens is 2. The molecule has 0 fully saturated rings. The number of nitrogens with one attached hydrogen (secondary N) is 1. The minimum atomic E-state index is -0.732. The van der Waals surface area contributed by atoms with Gasteiger partial charge in [-0.1, -0.05) is 12.1 Å². The average Bonchev–Trinajstić information content (AvgIpc) is 3.15. The largest absolute Gasteiger partial charge is 0.324 e. The van der Waals surface area contributed by atoms with Crippen molar-refractivity contribution in [2.75, 3.05) is 5.32 Å². The van der Waals surface area contributed by atoms with E-state index in [0.717, 1.165) is 0 Å². The van der Waals surface area contributed by atoms with Crippen LogP contribution in [-0.2, 0) is 23.1 Å². The topological polar surface area (TPSA) is 78.7 Å². The lowest BCUT2D eigenvalue weighted by Gasteiger charge is -2.14. The Bertz CT molecular complexity index is 1270. The standard InChI is InChI=1S/C25H20F2N4O/c1-25(2,14-28)23-8-5-18(13-30-23)31-24(32)11-16-4-3-15(10-21(16)27)17-9-19-20(26)6-7-22(19)29-12-17/h3-6,8-10,12-13H,7,11H2,1-2H3,(H,31,32). The Kier molecular flexibility index (Phi) is 5.54. The van der Waals surface area contributed by atoms with Gasteiger partial charge in [0.25, 0.3) is 0 Å². The zero-order valence-electron chi connectivity index (χ0n) is 17.6. The highest BCUT2D eigenvalue weighted by Gasteiger charge is 2.21. The molecular formula is C25H20F2N4O. The first kappa shape index (κ1) is 21.3. The monoisotopic (exact) mass is 430 g/mol. The summed E-state index contributed by atoms with van der Waals surface area (Å²) in [6.07, 6.45) is 4.84. The van der Waals surface area contributed by atoms with Gasteiger partial charge in [-0.05, 0) is 55.3 Å². The van der Waals surface area contributed by atoms with Crippen LogP contribution < -0.4 is 5.32 Å². The lowest BCUT2D eigenvalue weighted by atomic mass is 9.91. The van der Waals surface area contributed by atoms with E-state index < -0.39 is 17.1 Å². The van der Waals surface area contributed by atoms with Crippen LogP contribution in [0.15, 0.2) is 54.9 Å². The summed E-state index contributed by atoms with van der Waals surface area (Å²) in [4.78, 5) is 20.9. The van der Waals surface area contributed by atoms with E-state index in [1.165, 1.54) is 18.3 Å². The van der Waals surface area contributed by atoms with Gasteiger partial charge in [-0.2, -0.15) is 5.26 Å². The van der Waals surface area contributed by atoms with Crippen LogP contribution in [0.3, 0.4) is 0 Å². The molecule has 160 valence electrons. The van der Waals surface area contributed by atoms with Crippen molar-refractivity contribution in [1.29, 1.82) is 5.26 Å². The number of rotatable bonds is 5. The number of benzene rings is 1. The summed E-state index contributed by atoms with van der Waals surface area (Å²) in [5.74, 6) is -1.24. The van der Waals surface area contributed by atoms with Crippen LogP contribution in [0.2, 0.25) is 0 Å². The molecule has 7 heteroatoms. The Hall–Kier alpha value is -3.92. The molecule has 1 amide bonds. The third-order valence-electron chi connectivity index (χ3n) is 5.41. The summed E-state index contributed by atoms with van der Waals surface area (Å²) >= 11 is 0. The second-order valence-corrected chi connectivity index (χ2v) is 8.17. The van der Waals surface area contributed by atoms with Crippen LogP contribution in [0.5, 0.6) is 0 Å². The number of amides is 1. The SMILES string of the molecule is CC(C)(C#N)c1ccc(NC(=O)Cc2ccc(-c3cnc4c(c3)C(F)=CC4)cc2F)cn1. The molecule has 0 atom stereocenters. The van der Waals surface area contributed by atoms with Crippen molar-refractivity contribution in [2.24, 2.45) is 0 Å². The van der Waals surface area contributed by atoms with Crippen molar-refractivity contribution in [3.63, 3.8) is 0 Å². The fourth-order valence-corrected chi connectivity index (χ4v) is 3.46. The molecular weight excluding hydrogens is 410 g/mol. The first-order valence-corrected chi connectivity index (χ1v) is 10.1. The normalized spacial score (nSPS) is 12.7. The summed E-state index contributed by atoms with van der Waals surface area (Å²) in [6.45, 7) is 3.51. The van der Waals surface area contributed by atoms with Crippen molar-refractivity contribution in [1.82, 2.24) is 9.97 Å². The summed E-state index contributed by atoms with van der Waals surface area (Å²) in [6, 6.07) is 11.7. The molecule has 0 bridgehead atoms. The first-order valence-electron chi connectivity index (χ1n) is 10.1. The van der Waals surface area contributed by atoms with Gasteiger partial charge in [0.05, 0.1) is 41.2 Å². The highest BCUT2D eigenvalue weighted by atomic mass is 19.1. The fraction of sp³-hybridized carbons (Fsp3) is 0.200. The average molecular weight is 430 g/mol. The maximum absolute atomic E-state index is 14.7. The molecule has 4 rings (SSSR count). The van der Waals surface area contributed by atoms with Crippen molar-refractivity contribution < 1.29 is 13.6 Å². The Morgan fingerprint density at radius 1 is 1.12 bits per heavy atom. The lowest BCUT2D eigenvalue weighted by molar-refractivity contribution is -0.115. The number of hydrogen-bond acceptors (Lipinski definition) is 4. The van der Waals surface area contributed by atoms with Crippen LogP contribution >= 0.6 is 0 Å². The number of pyridine rings is 2. The van der Waals surface area contributed by atoms with E-state index in [1.807, 2.05) is 0 Å². The predicted octanol–water partition coefficient (Wildman–Crippen LogP) is 5.13.